The van der Waals surface area contributed by atoms with E-state index in [4.69, 9.17) is 4.74 Å². The number of carbonyl (C=O) groups excluding carboxylic acids is 2. The van der Waals surface area contributed by atoms with Crippen molar-refractivity contribution in [2.75, 3.05) is 59.0 Å². The van der Waals surface area contributed by atoms with Crippen molar-refractivity contribution in [3.8, 4) is 0 Å². The summed E-state index contributed by atoms with van der Waals surface area (Å²) in [5.74, 6) is -0.429. The van der Waals surface area contributed by atoms with E-state index in [0.717, 1.165) is 32.8 Å². The highest BCUT2D eigenvalue weighted by Gasteiger charge is 2.31. The van der Waals surface area contributed by atoms with Crippen molar-refractivity contribution >= 4 is 21.8 Å². The number of piperidine rings is 1. The highest BCUT2D eigenvalue weighted by molar-refractivity contribution is 7.89. The van der Waals surface area contributed by atoms with E-state index in [1.807, 2.05) is 0 Å². The first-order valence-electron chi connectivity index (χ1n) is 10.9. The standard InChI is InChI=1S/C21H32N4O5S/c26-20(22-10-13-24-14-16-30-17-15-24)6-9-23-21(27)18-7-11-25(12-8-18)31(28,29)19-4-2-1-3-5-19/h1-5,18H,6-17H2,(H,22,26)(H,23,27). The molecule has 2 aliphatic heterocycles. The minimum Gasteiger partial charge on any atom is -0.379 e. The Balaban J connectivity index is 1.31. The van der Waals surface area contributed by atoms with Crippen molar-refractivity contribution in [1.82, 2.24) is 19.8 Å². The first kappa shape index (κ1) is 23.6. The van der Waals surface area contributed by atoms with Crippen molar-refractivity contribution in [3.05, 3.63) is 30.3 Å². The summed E-state index contributed by atoms with van der Waals surface area (Å²) in [6.45, 7) is 5.54. The molecule has 31 heavy (non-hydrogen) atoms. The van der Waals surface area contributed by atoms with Crippen LogP contribution in [0.2, 0.25) is 0 Å². The van der Waals surface area contributed by atoms with Gasteiger partial charge in [0, 0.05) is 58.2 Å². The zero-order valence-electron chi connectivity index (χ0n) is 17.8. The Kier molecular flexibility index (Phi) is 8.82. The Morgan fingerprint density at radius 3 is 2.32 bits per heavy atom. The Labute approximate surface area is 184 Å². The van der Waals surface area contributed by atoms with Gasteiger partial charge in [-0.3, -0.25) is 14.5 Å². The van der Waals surface area contributed by atoms with E-state index in [1.165, 1.54) is 4.31 Å². The Bertz CT molecular complexity index is 819. The molecule has 2 N–H and O–H groups in total. The van der Waals surface area contributed by atoms with Gasteiger partial charge in [-0.15, -0.1) is 0 Å². The molecule has 9 nitrogen and oxygen atoms in total. The lowest BCUT2D eigenvalue weighted by molar-refractivity contribution is -0.126. The third-order valence-electron chi connectivity index (χ3n) is 5.71. The molecule has 10 heteroatoms. The molecule has 0 radical (unpaired) electrons. The molecule has 2 fully saturated rings. The summed E-state index contributed by atoms with van der Waals surface area (Å²) in [6, 6.07) is 8.35. The quantitative estimate of drug-likeness (QED) is 0.548. The second-order valence-electron chi connectivity index (χ2n) is 7.84. The van der Waals surface area contributed by atoms with Crippen LogP contribution in [0.5, 0.6) is 0 Å². The predicted octanol–water partition coefficient (Wildman–Crippen LogP) is 0.0420. The van der Waals surface area contributed by atoms with E-state index in [2.05, 4.69) is 15.5 Å². The fourth-order valence-electron chi connectivity index (χ4n) is 3.81. The van der Waals surface area contributed by atoms with Gasteiger partial charge in [-0.25, -0.2) is 8.42 Å². The smallest absolute Gasteiger partial charge is 0.243 e. The minimum absolute atomic E-state index is 0.0858. The number of hydrogen-bond acceptors (Lipinski definition) is 6. The first-order valence-corrected chi connectivity index (χ1v) is 12.3. The zero-order valence-corrected chi connectivity index (χ0v) is 18.6. The Morgan fingerprint density at radius 2 is 1.65 bits per heavy atom. The summed E-state index contributed by atoms with van der Waals surface area (Å²) in [5.41, 5.74) is 0. The number of morpholine rings is 1. The molecule has 0 spiro atoms. The van der Waals surface area contributed by atoms with Crippen LogP contribution >= 0.6 is 0 Å². The topological polar surface area (TPSA) is 108 Å². The molecule has 2 aliphatic rings. The number of hydrogen-bond donors (Lipinski definition) is 2. The number of amides is 2. The van der Waals surface area contributed by atoms with Crippen LogP contribution in [0.4, 0.5) is 0 Å². The molecule has 1 aromatic carbocycles. The summed E-state index contributed by atoms with van der Waals surface area (Å²) in [7, 11) is -3.52. The number of nitrogens with one attached hydrogen (secondary N) is 2. The van der Waals surface area contributed by atoms with Crippen LogP contribution in [0.25, 0.3) is 0 Å². The van der Waals surface area contributed by atoms with Gasteiger partial charge < -0.3 is 15.4 Å². The van der Waals surface area contributed by atoms with Crippen molar-refractivity contribution in [2.24, 2.45) is 5.92 Å². The second kappa shape index (κ2) is 11.6. The van der Waals surface area contributed by atoms with E-state index >= 15 is 0 Å². The maximum absolute atomic E-state index is 12.7. The van der Waals surface area contributed by atoms with Crippen LogP contribution in [0.15, 0.2) is 35.2 Å². The fourth-order valence-corrected chi connectivity index (χ4v) is 5.30. The number of nitrogens with zero attached hydrogens (tertiary/aromatic N) is 2. The monoisotopic (exact) mass is 452 g/mol. The van der Waals surface area contributed by atoms with Crippen molar-refractivity contribution in [1.29, 1.82) is 0 Å². The number of ether oxygens (including phenoxy) is 1. The summed E-state index contributed by atoms with van der Waals surface area (Å²) >= 11 is 0. The van der Waals surface area contributed by atoms with Gasteiger partial charge in [-0.05, 0) is 25.0 Å². The normalized spacial score (nSPS) is 19.1. The zero-order chi connectivity index (χ0) is 22.1. The summed E-state index contributed by atoms with van der Waals surface area (Å²) < 4.78 is 32.1. The first-order chi connectivity index (χ1) is 15.0. The highest BCUT2D eigenvalue weighted by atomic mass is 32.2. The Morgan fingerprint density at radius 1 is 0.968 bits per heavy atom. The third kappa shape index (κ3) is 6.99. The van der Waals surface area contributed by atoms with Gasteiger partial charge in [0.15, 0.2) is 0 Å². The summed E-state index contributed by atoms with van der Waals surface area (Å²) in [4.78, 5) is 26.9. The Hall–Kier alpha value is -2.01. The molecular formula is C21H32N4O5S. The summed E-state index contributed by atoms with van der Waals surface area (Å²) in [5, 5.41) is 5.69. The lowest BCUT2D eigenvalue weighted by Gasteiger charge is -2.30. The van der Waals surface area contributed by atoms with Crippen LogP contribution < -0.4 is 10.6 Å². The van der Waals surface area contributed by atoms with Crippen LogP contribution in [-0.2, 0) is 24.3 Å². The van der Waals surface area contributed by atoms with E-state index in [9.17, 15) is 18.0 Å². The number of benzene rings is 1. The number of sulfonamides is 1. The number of carbonyl (C=O) groups is 2. The minimum atomic E-state index is -3.52. The molecule has 172 valence electrons. The van der Waals surface area contributed by atoms with E-state index < -0.39 is 10.0 Å². The van der Waals surface area contributed by atoms with Crippen LogP contribution in [0.1, 0.15) is 19.3 Å². The van der Waals surface area contributed by atoms with E-state index in [1.54, 1.807) is 30.3 Å². The van der Waals surface area contributed by atoms with Crippen molar-refractivity contribution in [3.63, 3.8) is 0 Å². The van der Waals surface area contributed by atoms with Crippen LogP contribution in [-0.4, -0.2) is 88.5 Å². The molecule has 1 aromatic rings. The molecule has 0 saturated carbocycles. The largest absolute Gasteiger partial charge is 0.379 e. The van der Waals surface area contributed by atoms with Gasteiger partial charge in [0.05, 0.1) is 18.1 Å². The average molecular weight is 453 g/mol. The molecule has 3 rings (SSSR count). The molecule has 2 saturated heterocycles. The van der Waals surface area contributed by atoms with Gasteiger partial charge in [-0.1, -0.05) is 18.2 Å². The maximum Gasteiger partial charge on any atom is 0.243 e. The van der Waals surface area contributed by atoms with Gasteiger partial charge in [-0.2, -0.15) is 4.31 Å². The van der Waals surface area contributed by atoms with Crippen molar-refractivity contribution < 1.29 is 22.7 Å². The van der Waals surface area contributed by atoms with Gasteiger partial charge >= 0.3 is 0 Å². The predicted molar refractivity (Wildman–Crippen MR) is 116 cm³/mol. The molecule has 0 aliphatic carbocycles. The summed E-state index contributed by atoms with van der Waals surface area (Å²) in [6.07, 6.45) is 1.18. The average Bonchev–Trinajstić information content (AvgIpc) is 2.80. The van der Waals surface area contributed by atoms with Gasteiger partial charge in [0.1, 0.15) is 0 Å². The highest BCUT2D eigenvalue weighted by Crippen LogP contribution is 2.23. The van der Waals surface area contributed by atoms with Gasteiger partial charge in [0.2, 0.25) is 21.8 Å². The third-order valence-corrected chi connectivity index (χ3v) is 7.62. The van der Waals surface area contributed by atoms with Crippen LogP contribution in [0.3, 0.4) is 0 Å². The van der Waals surface area contributed by atoms with Crippen molar-refractivity contribution in [2.45, 2.75) is 24.2 Å². The number of rotatable bonds is 9. The lowest BCUT2D eigenvalue weighted by atomic mass is 9.97. The lowest BCUT2D eigenvalue weighted by Crippen LogP contribution is -2.44. The maximum atomic E-state index is 12.7. The van der Waals surface area contributed by atoms with E-state index in [-0.39, 0.29) is 35.6 Å². The fraction of sp³-hybridized carbons (Fsp3) is 0.619. The van der Waals surface area contributed by atoms with Gasteiger partial charge in [0.25, 0.3) is 0 Å². The second-order valence-corrected chi connectivity index (χ2v) is 9.77. The SMILES string of the molecule is O=C(CCNC(=O)C1CCN(S(=O)(=O)c2ccccc2)CC1)NCCN1CCOCC1. The van der Waals surface area contributed by atoms with E-state index in [0.29, 0.717) is 32.5 Å². The molecule has 2 amide bonds. The van der Waals surface area contributed by atoms with Crippen LogP contribution in [0, 0.1) is 5.92 Å². The molecule has 2 heterocycles. The molecule has 0 atom stereocenters. The molecule has 0 bridgehead atoms. The molecule has 0 unspecified atom stereocenters. The molecular weight excluding hydrogens is 420 g/mol. The molecule has 0 aromatic heterocycles.